The minimum absolute atomic E-state index is 0.113. The SMILES string of the molecule is CCCOC(c1cccc(O)c1)c1nnc(-c2ccc(C(=O)NCCCN(C)C)cc2)o1. The Labute approximate surface area is 188 Å². The van der Waals surface area contributed by atoms with Crippen molar-refractivity contribution in [3.05, 3.63) is 65.5 Å². The first-order valence-electron chi connectivity index (χ1n) is 10.7. The van der Waals surface area contributed by atoms with Crippen molar-refractivity contribution in [3.8, 4) is 17.2 Å². The van der Waals surface area contributed by atoms with Crippen LogP contribution in [0.5, 0.6) is 5.75 Å². The minimum atomic E-state index is -0.574. The van der Waals surface area contributed by atoms with Crippen LogP contribution < -0.4 is 5.32 Å². The molecule has 0 aliphatic heterocycles. The highest BCUT2D eigenvalue weighted by atomic mass is 16.5. The summed E-state index contributed by atoms with van der Waals surface area (Å²) < 4.78 is 11.8. The number of carbonyl (C=O) groups is 1. The smallest absolute Gasteiger partial charge is 0.251 e. The number of hydrogen-bond donors (Lipinski definition) is 2. The number of nitrogens with zero attached hydrogens (tertiary/aromatic N) is 3. The van der Waals surface area contributed by atoms with E-state index in [2.05, 4.69) is 20.4 Å². The molecule has 32 heavy (non-hydrogen) atoms. The molecule has 0 bridgehead atoms. The van der Waals surface area contributed by atoms with Gasteiger partial charge >= 0.3 is 0 Å². The summed E-state index contributed by atoms with van der Waals surface area (Å²) in [6, 6.07) is 13.8. The van der Waals surface area contributed by atoms with Gasteiger partial charge in [-0.05, 0) is 75.4 Å². The molecule has 3 aromatic rings. The molecule has 0 saturated carbocycles. The van der Waals surface area contributed by atoms with Crippen molar-refractivity contribution in [2.45, 2.75) is 25.9 Å². The highest BCUT2D eigenvalue weighted by molar-refractivity contribution is 5.94. The first kappa shape index (κ1) is 23.4. The van der Waals surface area contributed by atoms with Crippen LogP contribution in [-0.2, 0) is 4.74 Å². The molecule has 0 saturated heterocycles. The second-order valence-electron chi connectivity index (χ2n) is 7.78. The molecule has 8 heteroatoms. The number of amides is 1. The van der Waals surface area contributed by atoms with Gasteiger partial charge in [-0.2, -0.15) is 0 Å². The van der Waals surface area contributed by atoms with Crippen molar-refractivity contribution in [2.75, 3.05) is 33.8 Å². The number of rotatable bonds is 11. The summed E-state index contributed by atoms with van der Waals surface area (Å²) >= 11 is 0. The van der Waals surface area contributed by atoms with Gasteiger partial charge in [0.1, 0.15) is 5.75 Å². The largest absolute Gasteiger partial charge is 0.508 e. The predicted octanol–water partition coefficient (Wildman–Crippen LogP) is 3.64. The van der Waals surface area contributed by atoms with Gasteiger partial charge < -0.3 is 24.5 Å². The van der Waals surface area contributed by atoms with E-state index in [1.165, 1.54) is 0 Å². The Balaban J connectivity index is 1.70. The molecular formula is C24H30N4O4. The van der Waals surface area contributed by atoms with Gasteiger partial charge in [-0.25, -0.2) is 0 Å². The quantitative estimate of drug-likeness (QED) is 0.441. The lowest BCUT2D eigenvalue weighted by molar-refractivity contribution is 0.0621. The van der Waals surface area contributed by atoms with Gasteiger partial charge in [-0.1, -0.05) is 19.1 Å². The molecule has 3 rings (SSSR count). The van der Waals surface area contributed by atoms with Crippen LogP contribution in [0.15, 0.2) is 52.9 Å². The van der Waals surface area contributed by atoms with E-state index in [0.717, 1.165) is 24.9 Å². The van der Waals surface area contributed by atoms with E-state index in [-0.39, 0.29) is 11.7 Å². The van der Waals surface area contributed by atoms with Crippen LogP contribution >= 0.6 is 0 Å². The predicted molar refractivity (Wildman–Crippen MR) is 121 cm³/mol. The van der Waals surface area contributed by atoms with Crippen molar-refractivity contribution >= 4 is 5.91 Å². The van der Waals surface area contributed by atoms with Gasteiger partial charge in [0.2, 0.25) is 11.8 Å². The van der Waals surface area contributed by atoms with E-state index < -0.39 is 6.10 Å². The lowest BCUT2D eigenvalue weighted by Crippen LogP contribution is -2.27. The second-order valence-corrected chi connectivity index (χ2v) is 7.78. The number of ether oxygens (including phenoxy) is 1. The molecule has 0 spiro atoms. The van der Waals surface area contributed by atoms with Crippen LogP contribution in [-0.4, -0.2) is 59.9 Å². The van der Waals surface area contributed by atoms with Crippen molar-refractivity contribution < 1.29 is 19.1 Å². The van der Waals surface area contributed by atoms with Crippen LogP contribution in [0.2, 0.25) is 0 Å². The van der Waals surface area contributed by atoms with Gasteiger partial charge in [-0.15, -0.1) is 10.2 Å². The number of aromatic nitrogens is 2. The maximum absolute atomic E-state index is 12.3. The molecule has 0 aliphatic carbocycles. The first-order valence-corrected chi connectivity index (χ1v) is 10.7. The normalized spacial score (nSPS) is 12.1. The number of nitrogens with one attached hydrogen (secondary N) is 1. The summed E-state index contributed by atoms with van der Waals surface area (Å²) in [6.07, 6.45) is 1.15. The fourth-order valence-electron chi connectivity index (χ4n) is 3.15. The molecule has 170 valence electrons. The molecule has 0 fully saturated rings. The highest BCUT2D eigenvalue weighted by Crippen LogP contribution is 2.29. The molecule has 1 atom stereocenters. The third-order valence-electron chi connectivity index (χ3n) is 4.79. The highest BCUT2D eigenvalue weighted by Gasteiger charge is 2.22. The third kappa shape index (κ3) is 6.38. The van der Waals surface area contributed by atoms with E-state index >= 15 is 0 Å². The maximum atomic E-state index is 12.3. The Morgan fingerprint density at radius 2 is 1.97 bits per heavy atom. The van der Waals surface area contributed by atoms with Crippen LogP contribution in [0.1, 0.15) is 47.7 Å². The molecule has 1 unspecified atom stereocenters. The van der Waals surface area contributed by atoms with E-state index in [1.807, 2.05) is 27.1 Å². The number of aromatic hydroxyl groups is 1. The molecular weight excluding hydrogens is 408 g/mol. The standard InChI is InChI=1S/C24H30N4O4/c1-4-15-31-21(19-7-5-8-20(29)16-19)24-27-26-23(32-24)18-11-9-17(10-12-18)22(30)25-13-6-14-28(2)3/h5,7-12,16,21,29H,4,6,13-15H2,1-3H3,(H,25,30). The summed E-state index contributed by atoms with van der Waals surface area (Å²) in [5.74, 6) is 0.673. The zero-order valence-electron chi connectivity index (χ0n) is 18.7. The van der Waals surface area contributed by atoms with Crippen molar-refractivity contribution in [2.24, 2.45) is 0 Å². The average molecular weight is 439 g/mol. The minimum Gasteiger partial charge on any atom is -0.508 e. The molecule has 1 aromatic heterocycles. The van der Waals surface area contributed by atoms with Gasteiger partial charge in [0, 0.05) is 24.3 Å². The zero-order valence-corrected chi connectivity index (χ0v) is 18.7. The van der Waals surface area contributed by atoms with E-state index in [4.69, 9.17) is 9.15 Å². The van der Waals surface area contributed by atoms with Gasteiger partial charge in [-0.3, -0.25) is 4.79 Å². The maximum Gasteiger partial charge on any atom is 0.251 e. The van der Waals surface area contributed by atoms with Crippen LogP contribution in [0.25, 0.3) is 11.5 Å². The van der Waals surface area contributed by atoms with Crippen molar-refractivity contribution in [3.63, 3.8) is 0 Å². The van der Waals surface area contributed by atoms with E-state index in [0.29, 0.717) is 36.1 Å². The van der Waals surface area contributed by atoms with Crippen LogP contribution in [0.4, 0.5) is 0 Å². The van der Waals surface area contributed by atoms with Crippen molar-refractivity contribution in [1.29, 1.82) is 0 Å². The lowest BCUT2D eigenvalue weighted by Gasteiger charge is -2.14. The summed E-state index contributed by atoms with van der Waals surface area (Å²) in [5, 5.41) is 21.1. The van der Waals surface area contributed by atoms with Crippen LogP contribution in [0.3, 0.4) is 0 Å². The fourth-order valence-corrected chi connectivity index (χ4v) is 3.15. The monoisotopic (exact) mass is 438 g/mol. The van der Waals surface area contributed by atoms with E-state index in [1.54, 1.807) is 42.5 Å². The summed E-state index contributed by atoms with van der Waals surface area (Å²) in [4.78, 5) is 14.4. The Hall–Kier alpha value is -3.23. The molecule has 2 N–H and O–H groups in total. The fraction of sp³-hybridized carbons (Fsp3) is 0.375. The molecule has 0 radical (unpaired) electrons. The first-order chi connectivity index (χ1) is 15.5. The van der Waals surface area contributed by atoms with E-state index in [9.17, 15) is 9.90 Å². The summed E-state index contributed by atoms with van der Waals surface area (Å²) in [7, 11) is 4.01. The number of phenolic OH excluding ortho intramolecular Hbond substituents is 1. The second kappa shape index (κ2) is 11.4. The van der Waals surface area contributed by atoms with Gasteiger partial charge in [0.05, 0.1) is 0 Å². The molecule has 8 nitrogen and oxygen atoms in total. The summed E-state index contributed by atoms with van der Waals surface area (Å²) in [6.45, 7) is 4.07. The molecule has 1 heterocycles. The lowest BCUT2D eigenvalue weighted by atomic mass is 10.1. The van der Waals surface area contributed by atoms with Crippen LogP contribution in [0, 0.1) is 0 Å². The molecule has 1 amide bonds. The van der Waals surface area contributed by atoms with Gasteiger partial charge in [0.25, 0.3) is 5.91 Å². The van der Waals surface area contributed by atoms with Gasteiger partial charge in [0.15, 0.2) is 6.10 Å². The zero-order chi connectivity index (χ0) is 22.9. The molecule has 0 aliphatic rings. The topological polar surface area (TPSA) is 101 Å². The Morgan fingerprint density at radius 1 is 1.19 bits per heavy atom. The number of phenols is 1. The number of hydrogen-bond acceptors (Lipinski definition) is 7. The molecule has 2 aromatic carbocycles. The average Bonchev–Trinajstić information content (AvgIpc) is 3.27. The summed E-state index contributed by atoms with van der Waals surface area (Å²) in [5.41, 5.74) is 2.01. The Morgan fingerprint density at radius 3 is 2.66 bits per heavy atom. The Kier molecular flexibility index (Phi) is 8.35. The number of carbonyl (C=O) groups excluding carboxylic acids is 1. The third-order valence-corrected chi connectivity index (χ3v) is 4.79. The Bertz CT molecular complexity index is 1000. The number of benzene rings is 2. The van der Waals surface area contributed by atoms with Crippen molar-refractivity contribution in [1.82, 2.24) is 20.4 Å².